The molecular weight excluding hydrogens is 461 g/mol. The first-order valence-corrected chi connectivity index (χ1v) is 9.18. The maximum Gasteiger partial charge on any atom is 0.246 e. The summed E-state index contributed by atoms with van der Waals surface area (Å²) < 4.78 is 1.69. The quantitative estimate of drug-likeness (QED) is 0.257. The summed E-state index contributed by atoms with van der Waals surface area (Å²) >= 11 is 0. The highest BCUT2D eigenvalue weighted by atomic mass is 127. The lowest BCUT2D eigenvalue weighted by atomic mass is 10.3. The molecule has 1 saturated heterocycles. The molecule has 0 aromatic carbocycles. The van der Waals surface area contributed by atoms with Crippen molar-refractivity contribution in [2.45, 2.75) is 19.8 Å². The fourth-order valence-corrected chi connectivity index (χ4v) is 2.93. The van der Waals surface area contributed by atoms with Gasteiger partial charge in [0.25, 0.3) is 0 Å². The molecule has 2 amide bonds. The van der Waals surface area contributed by atoms with Crippen molar-refractivity contribution < 1.29 is 9.59 Å². The number of halogens is 1. The third-order valence-electron chi connectivity index (χ3n) is 4.48. The van der Waals surface area contributed by atoms with Crippen molar-refractivity contribution >= 4 is 47.4 Å². The molecule has 10 heteroatoms. The van der Waals surface area contributed by atoms with Gasteiger partial charge in [-0.15, -0.1) is 24.0 Å². The van der Waals surface area contributed by atoms with Crippen LogP contribution in [0.5, 0.6) is 0 Å². The number of aromatic nitrogens is 2. The number of nitrogens with zero attached hydrogens (tertiary/aromatic N) is 5. The molecule has 0 bridgehead atoms. The van der Waals surface area contributed by atoms with Crippen molar-refractivity contribution in [3.63, 3.8) is 0 Å². The molecule has 0 atom stereocenters. The number of nitrogens with one attached hydrogen (secondary N) is 2. The van der Waals surface area contributed by atoms with E-state index in [1.807, 2.05) is 25.1 Å². The number of anilines is 1. The van der Waals surface area contributed by atoms with Crippen LogP contribution in [0.25, 0.3) is 0 Å². The molecule has 1 aromatic heterocycles. The van der Waals surface area contributed by atoms with E-state index < -0.39 is 0 Å². The molecule has 0 radical (unpaired) electrons. The maximum atomic E-state index is 12.5. The molecule has 2 aliphatic rings. The highest BCUT2D eigenvalue weighted by Gasteiger charge is 2.29. The SMILES string of the molecule is CCNC(=NCCNC(=O)C1CC1)N1CCN(c2cnn(C)c2)C(=O)C1.I. The molecule has 2 heterocycles. The van der Waals surface area contributed by atoms with Gasteiger partial charge in [0.1, 0.15) is 6.54 Å². The van der Waals surface area contributed by atoms with Crippen LogP contribution in [0.15, 0.2) is 17.4 Å². The Kier molecular flexibility index (Phi) is 7.87. The van der Waals surface area contributed by atoms with Gasteiger partial charge in [-0.1, -0.05) is 0 Å². The summed E-state index contributed by atoms with van der Waals surface area (Å²) in [7, 11) is 1.84. The van der Waals surface area contributed by atoms with E-state index in [1.54, 1.807) is 15.8 Å². The highest BCUT2D eigenvalue weighted by molar-refractivity contribution is 14.0. The first kappa shape index (κ1) is 21.5. The van der Waals surface area contributed by atoms with Gasteiger partial charge in [-0.05, 0) is 19.8 Å². The molecule has 3 rings (SSSR count). The molecule has 27 heavy (non-hydrogen) atoms. The Morgan fingerprint density at radius 1 is 1.33 bits per heavy atom. The summed E-state index contributed by atoms with van der Waals surface area (Å²) in [5, 5.41) is 10.3. The highest BCUT2D eigenvalue weighted by Crippen LogP contribution is 2.28. The van der Waals surface area contributed by atoms with Gasteiger partial charge in [0, 0.05) is 45.3 Å². The second kappa shape index (κ2) is 9.90. The molecule has 0 unspecified atom stereocenters. The van der Waals surface area contributed by atoms with Crippen LogP contribution in [-0.2, 0) is 16.6 Å². The summed E-state index contributed by atoms with van der Waals surface area (Å²) in [4.78, 5) is 32.4. The fourth-order valence-electron chi connectivity index (χ4n) is 2.93. The first-order chi connectivity index (χ1) is 12.6. The zero-order valence-electron chi connectivity index (χ0n) is 15.8. The van der Waals surface area contributed by atoms with Crippen LogP contribution in [-0.4, -0.2) is 71.7 Å². The van der Waals surface area contributed by atoms with E-state index in [4.69, 9.17) is 0 Å². The number of aliphatic imine (C=N–C) groups is 1. The largest absolute Gasteiger partial charge is 0.357 e. The topological polar surface area (TPSA) is 94.9 Å². The minimum absolute atomic E-state index is 0. The number of hydrogen-bond donors (Lipinski definition) is 2. The molecular formula is C17H28IN7O2. The lowest BCUT2D eigenvalue weighted by Crippen LogP contribution is -2.55. The summed E-state index contributed by atoms with van der Waals surface area (Å²) in [5.74, 6) is 1.08. The fraction of sp³-hybridized carbons (Fsp3) is 0.647. The predicted molar refractivity (Wildman–Crippen MR) is 114 cm³/mol. The van der Waals surface area contributed by atoms with E-state index in [2.05, 4.69) is 20.7 Å². The molecule has 1 aliphatic heterocycles. The van der Waals surface area contributed by atoms with Crippen LogP contribution in [0.3, 0.4) is 0 Å². The number of carbonyl (C=O) groups is 2. The Balaban J connectivity index is 0.00000261. The average Bonchev–Trinajstić information content (AvgIpc) is 3.39. The number of guanidine groups is 1. The Labute approximate surface area is 176 Å². The third kappa shape index (κ3) is 5.81. The number of aryl methyl sites for hydroxylation is 1. The summed E-state index contributed by atoms with van der Waals surface area (Å²) in [6.07, 6.45) is 5.55. The molecule has 2 N–H and O–H groups in total. The van der Waals surface area contributed by atoms with Gasteiger partial charge in [0.15, 0.2) is 5.96 Å². The van der Waals surface area contributed by atoms with Gasteiger partial charge in [-0.2, -0.15) is 5.10 Å². The van der Waals surface area contributed by atoms with Crippen LogP contribution in [0, 0.1) is 5.92 Å². The van der Waals surface area contributed by atoms with E-state index in [0.29, 0.717) is 32.1 Å². The average molecular weight is 489 g/mol. The van der Waals surface area contributed by atoms with Crippen LogP contribution in [0.4, 0.5) is 5.69 Å². The normalized spacial score (nSPS) is 17.6. The van der Waals surface area contributed by atoms with Gasteiger partial charge in [-0.25, -0.2) is 0 Å². The van der Waals surface area contributed by atoms with Gasteiger partial charge >= 0.3 is 0 Å². The number of piperazine rings is 1. The van der Waals surface area contributed by atoms with Crippen LogP contribution in [0.2, 0.25) is 0 Å². The zero-order chi connectivity index (χ0) is 18.5. The zero-order valence-corrected chi connectivity index (χ0v) is 18.2. The van der Waals surface area contributed by atoms with Crippen LogP contribution in [0.1, 0.15) is 19.8 Å². The van der Waals surface area contributed by atoms with Crippen molar-refractivity contribution in [1.82, 2.24) is 25.3 Å². The lowest BCUT2D eigenvalue weighted by Gasteiger charge is -2.35. The van der Waals surface area contributed by atoms with Crippen molar-refractivity contribution in [2.75, 3.05) is 44.2 Å². The summed E-state index contributed by atoms with van der Waals surface area (Å²) in [6, 6.07) is 0. The molecule has 150 valence electrons. The van der Waals surface area contributed by atoms with Crippen molar-refractivity contribution in [3.05, 3.63) is 12.4 Å². The number of carbonyl (C=O) groups excluding carboxylic acids is 2. The molecule has 1 aliphatic carbocycles. The van der Waals surface area contributed by atoms with E-state index in [0.717, 1.165) is 25.1 Å². The molecule has 1 saturated carbocycles. The lowest BCUT2D eigenvalue weighted by molar-refractivity contribution is -0.122. The first-order valence-electron chi connectivity index (χ1n) is 9.18. The van der Waals surface area contributed by atoms with Gasteiger partial charge in [0.2, 0.25) is 11.8 Å². The summed E-state index contributed by atoms with van der Waals surface area (Å²) in [6.45, 7) is 5.30. The van der Waals surface area contributed by atoms with Crippen molar-refractivity contribution in [1.29, 1.82) is 0 Å². The minimum atomic E-state index is 0. The van der Waals surface area contributed by atoms with E-state index in [9.17, 15) is 9.59 Å². The molecule has 2 fully saturated rings. The van der Waals surface area contributed by atoms with Gasteiger partial charge < -0.3 is 20.4 Å². The smallest absolute Gasteiger partial charge is 0.246 e. The second-order valence-electron chi connectivity index (χ2n) is 6.64. The maximum absolute atomic E-state index is 12.5. The number of hydrogen-bond acceptors (Lipinski definition) is 4. The Morgan fingerprint density at radius 3 is 2.70 bits per heavy atom. The van der Waals surface area contributed by atoms with E-state index >= 15 is 0 Å². The Morgan fingerprint density at radius 2 is 2.11 bits per heavy atom. The Hall–Kier alpha value is -1.85. The van der Waals surface area contributed by atoms with Crippen LogP contribution >= 0.6 is 24.0 Å². The Bertz CT molecular complexity index is 687. The number of rotatable bonds is 6. The summed E-state index contributed by atoms with van der Waals surface area (Å²) in [5.41, 5.74) is 0.821. The van der Waals surface area contributed by atoms with Crippen molar-refractivity contribution in [2.24, 2.45) is 18.0 Å². The second-order valence-corrected chi connectivity index (χ2v) is 6.64. The monoisotopic (exact) mass is 489 g/mol. The van der Waals surface area contributed by atoms with Gasteiger partial charge in [-0.3, -0.25) is 19.3 Å². The van der Waals surface area contributed by atoms with E-state index in [1.165, 1.54) is 0 Å². The standard InChI is InChI=1S/C17H27N7O2.HI/c1-3-18-17(20-7-6-19-16(26)13-4-5-13)23-8-9-24(15(25)12-23)14-10-21-22(2)11-14;/h10-11,13H,3-9,12H2,1-2H3,(H,18,20)(H,19,26);1H. The van der Waals surface area contributed by atoms with E-state index in [-0.39, 0.29) is 48.3 Å². The molecule has 1 aromatic rings. The van der Waals surface area contributed by atoms with Crippen molar-refractivity contribution in [3.8, 4) is 0 Å². The third-order valence-corrected chi connectivity index (χ3v) is 4.48. The predicted octanol–water partition coefficient (Wildman–Crippen LogP) is 0.178. The van der Waals surface area contributed by atoms with Gasteiger partial charge in [0.05, 0.1) is 18.4 Å². The molecule has 0 spiro atoms. The van der Waals surface area contributed by atoms with Crippen LogP contribution < -0.4 is 15.5 Å². The molecule has 9 nitrogen and oxygen atoms in total. The minimum Gasteiger partial charge on any atom is -0.357 e. The number of amides is 2.